The topological polar surface area (TPSA) is 170 Å². The maximum absolute atomic E-state index is 12.6. The first kappa shape index (κ1) is 28.0. The molecule has 1 saturated heterocycles. The van der Waals surface area contributed by atoms with E-state index in [4.69, 9.17) is 34.3 Å². The van der Waals surface area contributed by atoms with Gasteiger partial charge in [0, 0.05) is 25.3 Å². The molecule has 1 heterocycles. The standard InChI is InChI=1S/C20H27Cl2N6O5P/c1-11(20(31)33-2)27-34(32)28-8-6-12(7-9-28)25-19(30)17(24)15(10-23)26-18(29)16-13(21)4-3-5-14(16)22/h3-5,10-12,23,27,32H,6-9,24H2,1-2H3,(H,25,30)(H,26,29)/b17-15+,23-10?. The quantitative estimate of drug-likeness (QED) is 0.120. The van der Waals surface area contributed by atoms with E-state index in [0.717, 1.165) is 6.21 Å². The summed E-state index contributed by atoms with van der Waals surface area (Å²) >= 11 is 12.1. The average Bonchev–Trinajstić information content (AvgIpc) is 2.81. The fraction of sp³-hybridized carbons (Fsp3) is 0.400. The number of nitrogens with two attached hydrogens (primary N) is 1. The highest BCUT2D eigenvalue weighted by molar-refractivity contribution is 7.46. The first-order valence-corrected chi connectivity index (χ1v) is 12.2. The monoisotopic (exact) mass is 532 g/mol. The minimum Gasteiger partial charge on any atom is -0.468 e. The van der Waals surface area contributed by atoms with Gasteiger partial charge in [0.2, 0.25) is 0 Å². The number of amides is 2. The van der Waals surface area contributed by atoms with Gasteiger partial charge in [0.25, 0.3) is 11.8 Å². The van der Waals surface area contributed by atoms with E-state index >= 15 is 0 Å². The number of ether oxygens (including phenoxy) is 1. The molecule has 0 radical (unpaired) electrons. The zero-order valence-electron chi connectivity index (χ0n) is 18.6. The number of piperidine rings is 1. The smallest absolute Gasteiger partial charge is 0.322 e. The maximum atomic E-state index is 12.6. The second kappa shape index (κ2) is 13.0. The van der Waals surface area contributed by atoms with E-state index in [2.05, 4.69) is 20.5 Å². The molecule has 0 bridgehead atoms. The fourth-order valence-electron chi connectivity index (χ4n) is 3.15. The second-order valence-electron chi connectivity index (χ2n) is 7.39. The van der Waals surface area contributed by atoms with Gasteiger partial charge < -0.3 is 31.4 Å². The summed E-state index contributed by atoms with van der Waals surface area (Å²) in [4.78, 5) is 47.0. The molecular formula is C20H27Cl2N6O5P. The van der Waals surface area contributed by atoms with Crippen molar-refractivity contribution in [1.29, 1.82) is 5.41 Å². The van der Waals surface area contributed by atoms with Crippen molar-refractivity contribution in [1.82, 2.24) is 20.4 Å². The van der Waals surface area contributed by atoms with E-state index in [9.17, 15) is 19.3 Å². The molecule has 0 aliphatic carbocycles. The summed E-state index contributed by atoms with van der Waals surface area (Å²) in [5.74, 6) is -1.83. The number of hydrogen-bond donors (Lipinski definition) is 6. The second-order valence-corrected chi connectivity index (χ2v) is 9.60. The van der Waals surface area contributed by atoms with Gasteiger partial charge >= 0.3 is 5.97 Å². The molecule has 7 N–H and O–H groups in total. The lowest BCUT2D eigenvalue weighted by Gasteiger charge is -2.35. The predicted octanol–water partition coefficient (Wildman–Crippen LogP) is 1.49. The highest BCUT2D eigenvalue weighted by Gasteiger charge is 2.28. The zero-order chi connectivity index (χ0) is 25.4. The highest BCUT2D eigenvalue weighted by atomic mass is 35.5. The summed E-state index contributed by atoms with van der Waals surface area (Å²) in [5, 5.41) is 15.7. The lowest BCUT2D eigenvalue weighted by atomic mass is 10.1. The molecule has 2 unspecified atom stereocenters. The number of halogens is 2. The van der Waals surface area contributed by atoms with E-state index in [1.807, 2.05) is 0 Å². The number of nitrogens with one attached hydrogen (secondary N) is 4. The zero-order valence-corrected chi connectivity index (χ0v) is 21.0. The van der Waals surface area contributed by atoms with Gasteiger partial charge in [-0.3, -0.25) is 14.4 Å². The molecule has 1 aromatic rings. The Bertz CT molecular complexity index is 951. The van der Waals surface area contributed by atoms with E-state index in [1.54, 1.807) is 17.7 Å². The molecule has 2 rings (SSSR count). The summed E-state index contributed by atoms with van der Waals surface area (Å²) in [6.07, 6.45) is 1.80. The van der Waals surface area contributed by atoms with Crippen LogP contribution in [0.5, 0.6) is 0 Å². The summed E-state index contributed by atoms with van der Waals surface area (Å²) in [7, 11) is -0.468. The number of carbonyl (C=O) groups is 3. The van der Waals surface area contributed by atoms with Gasteiger partial charge in [0.1, 0.15) is 11.7 Å². The Morgan fingerprint density at radius 3 is 2.41 bits per heavy atom. The van der Waals surface area contributed by atoms with Crippen molar-refractivity contribution in [3.8, 4) is 0 Å². The summed E-state index contributed by atoms with van der Waals surface area (Å²) in [6, 6.07) is 3.67. The molecule has 34 heavy (non-hydrogen) atoms. The molecule has 2 atom stereocenters. The van der Waals surface area contributed by atoms with Crippen LogP contribution in [0.1, 0.15) is 30.1 Å². The molecule has 14 heteroatoms. The lowest BCUT2D eigenvalue weighted by Crippen LogP contribution is -2.46. The number of methoxy groups -OCH3 is 1. The van der Waals surface area contributed by atoms with Gasteiger partial charge in [0.15, 0.2) is 8.45 Å². The molecular weight excluding hydrogens is 506 g/mol. The number of rotatable bonds is 9. The Morgan fingerprint density at radius 2 is 1.88 bits per heavy atom. The summed E-state index contributed by atoms with van der Waals surface area (Å²) in [5.41, 5.74) is 5.36. The molecule has 0 spiro atoms. The van der Waals surface area contributed by atoms with Crippen molar-refractivity contribution in [2.24, 2.45) is 5.73 Å². The normalized spacial score (nSPS) is 17.2. The van der Waals surface area contributed by atoms with Crippen molar-refractivity contribution in [3.05, 3.63) is 45.2 Å². The van der Waals surface area contributed by atoms with Gasteiger partial charge in [0.05, 0.1) is 28.4 Å². The molecule has 11 nitrogen and oxygen atoms in total. The Hall–Kier alpha value is -2.27. The van der Waals surface area contributed by atoms with Crippen molar-refractivity contribution in [3.63, 3.8) is 0 Å². The van der Waals surface area contributed by atoms with Crippen molar-refractivity contribution < 1.29 is 24.0 Å². The fourth-order valence-corrected chi connectivity index (χ4v) is 4.94. The Balaban J connectivity index is 1.95. The van der Waals surface area contributed by atoms with Crippen LogP contribution in [0, 0.1) is 5.41 Å². The Kier molecular flexibility index (Phi) is 10.7. The minimum absolute atomic E-state index is 0.00129. The van der Waals surface area contributed by atoms with Crippen LogP contribution in [0.3, 0.4) is 0 Å². The van der Waals surface area contributed by atoms with Crippen LogP contribution in [-0.2, 0) is 14.3 Å². The first-order chi connectivity index (χ1) is 16.1. The van der Waals surface area contributed by atoms with Gasteiger partial charge in [-0.15, -0.1) is 0 Å². The summed E-state index contributed by atoms with van der Waals surface area (Å²) in [6.45, 7) is 2.53. The number of esters is 1. The van der Waals surface area contributed by atoms with Crippen LogP contribution in [0.4, 0.5) is 0 Å². The number of allylic oxidation sites excluding steroid dienone is 1. The van der Waals surface area contributed by atoms with Crippen molar-refractivity contribution >= 4 is 55.7 Å². The van der Waals surface area contributed by atoms with E-state index in [-0.39, 0.29) is 33.0 Å². The van der Waals surface area contributed by atoms with Crippen molar-refractivity contribution in [2.75, 3.05) is 20.2 Å². The lowest BCUT2D eigenvalue weighted by molar-refractivity contribution is -0.142. The van der Waals surface area contributed by atoms with Gasteiger partial charge in [-0.1, -0.05) is 29.3 Å². The minimum atomic E-state index is -1.74. The molecule has 1 aliphatic rings. The molecule has 186 valence electrons. The van der Waals surface area contributed by atoms with Crippen LogP contribution in [0.15, 0.2) is 29.6 Å². The van der Waals surface area contributed by atoms with Crippen LogP contribution >= 0.6 is 31.7 Å². The first-order valence-electron chi connectivity index (χ1n) is 10.2. The number of carbonyl (C=O) groups excluding carboxylic acids is 3. The number of benzene rings is 1. The van der Waals surface area contributed by atoms with E-state index in [1.165, 1.54) is 19.2 Å². The Morgan fingerprint density at radius 1 is 1.29 bits per heavy atom. The third-order valence-electron chi connectivity index (χ3n) is 5.06. The predicted molar refractivity (Wildman–Crippen MR) is 130 cm³/mol. The van der Waals surface area contributed by atoms with Crippen LogP contribution in [-0.4, -0.2) is 65.8 Å². The average molecular weight is 533 g/mol. The van der Waals surface area contributed by atoms with Crippen LogP contribution < -0.4 is 21.5 Å². The molecule has 1 aliphatic heterocycles. The molecule has 0 saturated carbocycles. The highest BCUT2D eigenvalue weighted by Crippen LogP contribution is 2.34. The van der Waals surface area contributed by atoms with Crippen LogP contribution in [0.25, 0.3) is 0 Å². The Labute approximate surface area is 208 Å². The summed E-state index contributed by atoms with van der Waals surface area (Å²) < 4.78 is 6.42. The largest absolute Gasteiger partial charge is 0.468 e. The number of hydrogen-bond acceptors (Lipinski definition) is 9. The van der Waals surface area contributed by atoms with Gasteiger partial charge in [-0.05, 0) is 31.9 Å². The molecule has 0 aromatic heterocycles. The molecule has 1 fully saturated rings. The van der Waals surface area contributed by atoms with Crippen LogP contribution in [0.2, 0.25) is 10.0 Å². The third-order valence-corrected chi connectivity index (χ3v) is 7.24. The van der Waals surface area contributed by atoms with E-state index < -0.39 is 32.3 Å². The molecule has 2 amide bonds. The van der Waals surface area contributed by atoms with Gasteiger partial charge in [-0.25, -0.2) is 9.76 Å². The van der Waals surface area contributed by atoms with Gasteiger partial charge in [-0.2, -0.15) is 0 Å². The number of nitrogens with zero attached hydrogens (tertiary/aromatic N) is 1. The van der Waals surface area contributed by atoms with E-state index in [0.29, 0.717) is 25.9 Å². The SMILES string of the molecule is COC(=O)C(C)NP(O)N1CCC(NC(=O)/C(N)=C(/C=N)NC(=O)c2c(Cl)cccc2Cl)CC1. The van der Waals surface area contributed by atoms with Crippen molar-refractivity contribution in [2.45, 2.75) is 31.8 Å². The maximum Gasteiger partial charge on any atom is 0.322 e. The molecule has 1 aromatic carbocycles. The third kappa shape index (κ3) is 7.36.